The molecule has 0 saturated heterocycles. The zero-order chi connectivity index (χ0) is 16.4. The summed E-state index contributed by atoms with van der Waals surface area (Å²) in [6.45, 7) is 0.816. The number of nitrogens with one attached hydrogen (secondary N) is 2. The van der Waals surface area contributed by atoms with E-state index in [-0.39, 0.29) is 5.91 Å². The van der Waals surface area contributed by atoms with Crippen molar-refractivity contribution < 1.29 is 4.79 Å². The molecule has 8 heteroatoms. The largest absolute Gasteiger partial charge is 0.352 e. The van der Waals surface area contributed by atoms with Gasteiger partial charge in [0.25, 0.3) is 0 Å². The number of H-pyrrole nitrogens is 1. The molecule has 1 amide bonds. The van der Waals surface area contributed by atoms with E-state index in [0.29, 0.717) is 29.9 Å². The fourth-order valence-corrected chi connectivity index (χ4v) is 2.93. The van der Waals surface area contributed by atoms with Crippen LogP contribution in [-0.4, -0.2) is 45.2 Å². The zero-order valence-corrected chi connectivity index (χ0v) is 15.2. The molecule has 0 atom stereocenters. The van der Waals surface area contributed by atoms with E-state index in [9.17, 15) is 4.79 Å². The van der Waals surface area contributed by atoms with E-state index >= 15 is 0 Å². The quantitative estimate of drug-likeness (QED) is 0.737. The molecule has 1 aromatic heterocycles. The Kier molecular flexibility index (Phi) is 4.93. The lowest BCUT2D eigenvalue weighted by Crippen LogP contribution is -2.37. The molecular weight excluding hydrogens is 378 g/mol. The third kappa shape index (κ3) is 4.27. The second-order valence-electron chi connectivity index (χ2n) is 5.76. The lowest BCUT2D eigenvalue weighted by molar-refractivity contribution is -0.122. The van der Waals surface area contributed by atoms with Gasteiger partial charge in [0.15, 0.2) is 5.82 Å². The summed E-state index contributed by atoms with van der Waals surface area (Å²) in [4.78, 5) is 18.1. The highest BCUT2D eigenvalue weighted by Crippen LogP contribution is 2.24. The van der Waals surface area contributed by atoms with Crippen molar-refractivity contribution in [2.24, 2.45) is 0 Å². The van der Waals surface area contributed by atoms with Crippen LogP contribution < -0.4 is 5.32 Å². The average Bonchev–Trinajstić information content (AvgIpc) is 3.22. The fraction of sp³-hybridized carbons (Fsp3) is 0.400. The number of hydrogen-bond acceptors (Lipinski definition) is 4. The van der Waals surface area contributed by atoms with Crippen molar-refractivity contribution in [3.8, 4) is 11.4 Å². The molecule has 0 unspecified atom stereocenters. The van der Waals surface area contributed by atoms with Crippen molar-refractivity contribution in [1.82, 2.24) is 25.0 Å². The predicted octanol–water partition coefficient (Wildman–Crippen LogP) is 2.54. The van der Waals surface area contributed by atoms with Gasteiger partial charge in [-0.3, -0.25) is 14.8 Å². The molecule has 0 radical (unpaired) electrons. The standard InChI is InChI=1S/C15H18BrN5OS/c1-20(8-13(22)17-10-6-7-10)9-21-15(23)18-14(19-21)11-4-2-3-5-12(11)16/h2-5,10H,6-9H2,1H3,(H,17,22)(H,18,19,23). The Morgan fingerprint density at radius 2 is 2.26 bits per heavy atom. The van der Waals surface area contributed by atoms with E-state index in [4.69, 9.17) is 12.2 Å². The van der Waals surface area contributed by atoms with Crippen LogP contribution in [0.25, 0.3) is 11.4 Å². The summed E-state index contributed by atoms with van der Waals surface area (Å²) in [6.07, 6.45) is 2.19. The molecule has 1 aromatic carbocycles. The fourth-order valence-electron chi connectivity index (χ4n) is 2.26. The number of rotatable bonds is 6. The number of aromatic nitrogens is 3. The van der Waals surface area contributed by atoms with Gasteiger partial charge in [-0.05, 0) is 38.2 Å². The van der Waals surface area contributed by atoms with Gasteiger partial charge in [0.1, 0.15) is 0 Å². The molecule has 6 nitrogen and oxygen atoms in total. The molecule has 0 spiro atoms. The van der Waals surface area contributed by atoms with Crippen molar-refractivity contribution >= 4 is 34.1 Å². The van der Waals surface area contributed by atoms with Crippen LogP contribution >= 0.6 is 28.1 Å². The highest BCUT2D eigenvalue weighted by atomic mass is 79.9. The van der Waals surface area contributed by atoms with E-state index in [1.807, 2.05) is 36.2 Å². The molecule has 1 aliphatic carbocycles. The maximum atomic E-state index is 11.8. The Labute approximate surface area is 148 Å². The predicted molar refractivity (Wildman–Crippen MR) is 94.3 cm³/mol. The van der Waals surface area contributed by atoms with Gasteiger partial charge in [0, 0.05) is 16.1 Å². The third-order valence-corrected chi connectivity index (χ3v) is 4.55. The van der Waals surface area contributed by atoms with E-state index in [1.54, 1.807) is 4.68 Å². The summed E-state index contributed by atoms with van der Waals surface area (Å²) >= 11 is 8.82. The lowest BCUT2D eigenvalue weighted by atomic mass is 10.2. The third-order valence-electron chi connectivity index (χ3n) is 3.55. The maximum Gasteiger partial charge on any atom is 0.234 e. The molecule has 0 bridgehead atoms. The van der Waals surface area contributed by atoms with Gasteiger partial charge >= 0.3 is 0 Å². The first kappa shape index (κ1) is 16.4. The van der Waals surface area contributed by atoms with Gasteiger partial charge in [-0.25, -0.2) is 4.68 Å². The highest BCUT2D eigenvalue weighted by molar-refractivity contribution is 9.10. The van der Waals surface area contributed by atoms with Crippen LogP contribution in [0.1, 0.15) is 12.8 Å². The highest BCUT2D eigenvalue weighted by Gasteiger charge is 2.23. The summed E-state index contributed by atoms with van der Waals surface area (Å²) in [5.41, 5.74) is 0.950. The zero-order valence-electron chi connectivity index (χ0n) is 12.8. The lowest BCUT2D eigenvalue weighted by Gasteiger charge is -2.16. The molecule has 0 aliphatic heterocycles. The topological polar surface area (TPSA) is 66.0 Å². The molecule has 2 N–H and O–H groups in total. The molecule has 2 aromatic rings. The van der Waals surface area contributed by atoms with Crippen LogP contribution in [0, 0.1) is 4.77 Å². The van der Waals surface area contributed by atoms with Gasteiger partial charge in [0.05, 0.1) is 13.2 Å². The number of hydrogen-bond donors (Lipinski definition) is 2. The summed E-state index contributed by atoms with van der Waals surface area (Å²) in [5.74, 6) is 0.755. The van der Waals surface area contributed by atoms with E-state index in [1.165, 1.54) is 0 Å². The summed E-state index contributed by atoms with van der Waals surface area (Å²) in [7, 11) is 1.88. The minimum Gasteiger partial charge on any atom is -0.352 e. The summed E-state index contributed by atoms with van der Waals surface area (Å²) in [5, 5.41) is 6.17. The van der Waals surface area contributed by atoms with Gasteiger partial charge < -0.3 is 5.32 Å². The van der Waals surface area contributed by atoms with Gasteiger partial charge in [-0.1, -0.05) is 34.1 Å². The number of amides is 1. The molecule has 23 heavy (non-hydrogen) atoms. The Morgan fingerprint density at radius 1 is 1.52 bits per heavy atom. The minimum atomic E-state index is 0.0482. The second-order valence-corrected chi connectivity index (χ2v) is 6.98. The number of carbonyl (C=O) groups excluding carboxylic acids is 1. The average molecular weight is 396 g/mol. The molecular formula is C15H18BrN5OS. The first-order chi connectivity index (χ1) is 11.0. The van der Waals surface area contributed by atoms with Crippen molar-refractivity contribution in [3.05, 3.63) is 33.5 Å². The Morgan fingerprint density at radius 3 is 2.96 bits per heavy atom. The first-order valence-electron chi connectivity index (χ1n) is 7.42. The van der Waals surface area contributed by atoms with Crippen LogP contribution in [0.4, 0.5) is 0 Å². The Bertz CT molecular complexity index is 767. The van der Waals surface area contributed by atoms with Crippen molar-refractivity contribution in [2.75, 3.05) is 13.6 Å². The number of likely N-dealkylation sites (N-methyl/N-ethyl adjacent to an activating group) is 1. The normalized spacial score (nSPS) is 14.2. The van der Waals surface area contributed by atoms with Gasteiger partial charge in [-0.2, -0.15) is 4.98 Å². The van der Waals surface area contributed by atoms with Gasteiger partial charge in [0.2, 0.25) is 10.7 Å². The molecule has 1 fully saturated rings. The number of nitrogens with zero attached hydrogens (tertiary/aromatic N) is 3. The number of halogens is 1. The first-order valence-corrected chi connectivity index (χ1v) is 8.62. The van der Waals surface area contributed by atoms with E-state index in [0.717, 1.165) is 22.9 Å². The molecule has 122 valence electrons. The monoisotopic (exact) mass is 395 g/mol. The number of carbonyl (C=O) groups is 1. The summed E-state index contributed by atoms with van der Waals surface area (Å²) < 4.78 is 3.17. The van der Waals surface area contributed by atoms with Crippen molar-refractivity contribution in [1.29, 1.82) is 0 Å². The van der Waals surface area contributed by atoms with Crippen molar-refractivity contribution in [2.45, 2.75) is 25.6 Å². The van der Waals surface area contributed by atoms with Crippen LogP contribution in [-0.2, 0) is 11.5 Å². The van der Waals surface area contributed by atoms with Crippen LogP contribution in [0.5, 0.6) is 0 Å². The van der Waals surface area contributed by atoms with E-state index < -0.39 is 0 Å². The Balaban J connectivity index is 1.67. The van der Waals surface area contributed by atoms with E-state index in [2.05, 4.69) is 31.3 Å². The SMILES string of the molecule is CN(CC(=O)NC1CC1)Cn1[nH]c(-c2ccccc2Br)nc1=S. The second kappa shape index (κ2) is 6.94. The number of benzene rings is 1. The minimum absolute atomic E-state index is 0.0482. The molecule has 3 rings (SSSR count). The molecule has 1 heterocycles. The van der Waals surface area contributed by atoms with Crippen LogP contribution in [0.15, 0.2) is 28.7 Å². The Hall–Kier alpha value is -1.51. The smallest absolute Gasteiger partial charge is 0.234 e. The van der Waals surface area contributed by atoms with Crippen LogP contribution in [0.3, 0.4) is 0 Å². The van der Waals surface area contributed by atoms with Crippen molar-refractivity contribution in [3.63, 3.8) is 0 Å². The van der Waals surface area contributed by atoms with Gasteiger partial charge in [-0.15, -0.1) is 0 Å². The number of aromatic amines is 1. The van der Waals surface area contributed by atoms with Crippen LogP contribution in [0.2, 0.25) is 0 Å². The summed E-state index contributed by atoms with van der Waals surface area (Å²) in [6, 6.07) is 8.21. The maximum absolute atomic E-state index is 11.8. The molecule has 1 aliphatic rings. The molecule has 1 saturated carbocycles.